The molecule has 4 heteroatoms. The number of carboxylic acids is 1. The Morgan fingerprint density at radius 2 is 2.33 bits per heavy atom. The van der Waals surface area contributed by atoms with Crippen molar-refractivity contribution in [3.05, 3.63) is 0 Å². The quantitative estimate of drug-likeness (QED) is 0.749. The molecule has 1 rings (SSSR count). The summed E-state index contributed by atoms with van der Waals surface area (Å²) in [5, 5.41) is 9.18. The summed E-state index contributed by atoms with van der Waals surface area (Å²) in [6.07, 6.45) is 1.90. The Kier molecular flexibility index (Phi) is 4.54. The minimum Gasteiger partial charge on any atom is -0.480 e. The van der Waals surface area contributed by atoms with E-state index in [2.05, 4.69) is 11.8 Å². The summed E-state index contributed by atoms with van der Waals surface area (Å²) in [6, 6.07) is -0.0915. The van der Waals surface area contributed by atoms with Gasteiger partial charge in [-0.05, 0) is 25.3 Å². The number of carbonyl (C=O) groups is 1. The van der Waals surface area contributed by atoms with E-state index in [1.807, 2.05) is 6.92 Å². The van der Waals surface area contributed by atoms with Gasteiger partial charge in [-0.2, -0.15) is 0 Å². The predicted octanol–water partition coefficient (Wildman–Crippen LogP) is 1.21. The van der Waals surface area contributed by atoms with E-state index < -0.39 is 5.97 Å². The second-order valence-corrected chi connectivity index (χ2v) is 4.30. The molecule has 0 aromatic rings. The standard InChI is InChI=1S/C11H21NO3/c1-4-9(7-15-3)12-6-5-8(2)10(12)11(13)14/h8-10H,4-7H2,1-3H3,(H,13,14). The van der Waals surface area contributed by atoms with Gasteiger partial charge in [0.1, 0.15) is 6.04 Å². The lowest BCUT2D eigenvalue weighted by atomic mass is 10.0. The molecule has 1 heterocycles. The monoisotopic (exact) mass is 215 g/mol. The molecule has 0 aromatic heterocycles. The minimum absolute atomic E-state index is 0.237. The third-order valence-corrected chi connectivity index (χ3v) is 3.29. The topological polar surface area (TPSA) is 49.8 Å². The van der Waals surface area contributed by atoms with Gasteiger partial charge in [0.25, 0.3) is 0 Å². The van der Waals surface area contributed by atoms with Crippen LogP contribution in [0.3, 0.4) is 0 Å². The zero-order valence-corrected chi connectivity index (χ0v) is 9.77. The molecule has 1 N–H and O–H groups in total. The van der Waals surface area contributed by atoms with Crippen LogP contribution in [0.1, 0.15) is 26.7 Å². The van der Waals surface area contributed by atoms with Gasteiger partial charge in [0.2, 0.25) is 0 Å². The number of rotatable bonds is 5. The zero-order chi connectivity index (χ0) is 11.4. The summed E-state index contributed by atoms with van der Waals surface area (Å²) in [4.78, 5) is 13.2. The molecular formula is C11H21NO3. The first-order chi connectivity index (χ1) is 7.11. The van der Waals surface area contributed by atoms with E-state index in [1.54, 1.807) is 7.11 Å². The fourth-order valence-electron chi connectivity index (χ4n) is 2.41. The number of carboxylic acid groups (broad SMARTS) is 1. The average molecular weight is 215 g/mol. The Morgan fingerprint density at radius 3 is 2.80 bits per heavy atom. The van der Waals surface area contributed by atoms with Crippen LogP contribution in [0.15, 0.2) is 0 Å². The minimum atomic E-state index is -0.699. The second-order valence-electron chi connectivity index (χ2n) is 4.30. The molecule has 0 radical (unpaired) electrons. The van der Waals surface area contributed by atoms with Gasteiger partial charge >= 0.3 is 5.97 Å². The zero-order valence-electron chi connectivity index (χ0n) is 9.77. The first-order valence-electron chi connectivity index (χ1n) is 5.59. The highest BCUT2D eigenvalue weighted by molar-refractivity contribution is 5.74. The van der Waals surface area contributed by atoms with Gasteiger partial charge in [0.15, 0.2) is 0 Å². The SMILES string of the molecule is CCC(COC)N1CCC(C)C1C(=O)O. The number of likely N-dealkylation sites (tertiary alicyclic amines) is 1. The van der Waals surface area contributed by atoms with Crippen molar-refractivity contribution < 1.29 is 14.6 Å². The van der Waals surface area contributed by atoms with Crippen molar-refractivity contribution in [3.8, 4) is 0 Å². The van der Waals surface area contributed by atoms with Crippen LogP contribution >= 0.6 is 0 Å². The molecule has 3 unspecified atom stereocenters. The predicted molar refractivity (Wildman–Crippen MR) is 57.9 cm³/mol. The molecule has 1 fully saturated rings. The highest BCUT2D eigenvalue weighted by atomic mass is 16.5. The molecule has 3 atom stereocenters. The van der Waals surface area contributed by atoms with Crippen molar-refractivity contribution >= 4 is 5.97 Å². The normalized spacial score (nSPS) is 29.3. The number of nitrogens with zero attached hydrogens (tertiary/aromatic N) is 1. The number of hydrogen-bond donors (Lipinski definition) is 1. The molecule has 1 aliphatic rings. The summed E-state index contributed by atoms with van der Waals surface area (Å²) in [6.45, 7) is 5.58. The highest BCUT2D eigenvalue weighted by Gasteiger charge is 2.39. The first kappa shape index (κ1) is 12.5. The van der Waals surface area contributed by atoms with Crippen molar-refractivity contribution in [2.45, 2.75) is 38.8 Å². The maximum Gasteiger partial charge on any atom is 0.321 e. The van der Waals surface area contributed by atoms with Crippen molar-refractivity contribution in [1.82, 2.24) is 4.90 Å². The van der Waals surface area contributed by atoms with Crippen molar-refractivity contribution in [2.75, 3.05) is 20.3 Å². The molecule has 1 aliphatic heterocycles. The van der Waals surface area contributed by atoms with E-state index in [1.165, 1.54) is 0 Å². The van der Waals surface area contributed by atoms with Gasteiger partial charge < -0.3 is 9.84 Å². The van der Waals surface area contributed by atoms with Gasteiger partial charge in [-0.3, -0.25) is 9.69 Å². The lowest BCUT2D eigenvalue weighted by Gasteiger charge is -2.30. The average Bonchev–Trinajstić information content (AvgIpc) is 2.56. The lowest BCUT2D eigenvalue weighted by molar-refractivity contribution is -0.144. The van der Waals surface area contributed by atoms with E-state index in [-0.39, 0.29) is 18.0 Å². The second kappa shape index (κ2) is 5.47. The van der Waals surface area contributed by atoms with Crippen LogP contribution in [0.4, 0.5) is 0 Å². The molecule has 0 amide bonds. The van der Waals surface area contributed by atoms with Gasteiger partial charge in [-0.1, -0.05) is 13.8 Å². The van der Waals surface area contributed by atoms with Gasteiger partial charge in [0, 0.05) is 13.2 Å². The maximum atomic E-state index is 11.2. The molecular weight excluding hydrogens is 194 g/mol. The Labute approximate surface area is 91.2 Å². The molecule has 0 aliphatic carbocycles. The van der Waals surface area contributed by atoms with Gasteiger partial charge in [-0.25, -0.2) is 0 Å². The summed E-state index contributed by atoms with van der Waals surface area (Å²) in [5.74, 6) is -0.456. The van der Waals surface area contributed by atoms with Crippen LogP contribution in [0.5, 0.6) is 0 Å². The first-order valence-corrected chi connectivity index (χ1v) is 5.59. The van der Waals surface area contributed by atoms with Crippen LogP contribution in [0.25, 0.3) is 0 Å². The largest absolute Gasteiger partial charge is 0.480 e. The van der Waals surface area contributed by atoms with Crippen LogP contribution in [-0.4, -0.2) is 48.3 Å². The van der Waals surface area contributed by atoms with Crippen LogP contribution in [0.2, 0.25) is 0 Å². The number of aliphatic carboxylic acids is 1. The Morgan fingerprint density at radius 1 is 1.67 bits per heavy atom. The fraction of sp³-hybridized carbons (Fsp3) is 0.909. The Balaban J connectivity index is 2.70. The van der Waals surface area contributed by atoms with Gasteiger partial charge in [-0.15, -0.1) is 0 Å². The maximum absolute atomic E-state index is 11.2. The third kappa shape index (κ3) is 2.69. The fourth-order valence-corrected chi connectivity index (χ4v) is 2.41. The van der Waals surface area contributed by atoms with E-state index in [9.17, 15) is 9.90 Å². The summed E-state index contributed by atoms with van der Waals surface area (Å²) >= 11 is 0. The van der Waals surface area contributed by atoms with Crippen molar-refractivity contribution in [1.29, 1.82) is 0 Å². The molecule has 4 nitrogen and oxygen atoms in total. The van der Waals surface area contributed by atoms with Crippen molar-refractivity contribution in [2.24, 2.45) is 5.92 Å². The number of methoxy groups -OCH3 is 1. The summed E-state index contributed by atoms with van der Waals surface area (Å²) in [7, 11) is 1.66. The summed E-state index contributed by atoms with van der Waals surface area (Å²) < 4.78 is 5.14. The molecule has 0 bridgehead atoms. The molecule has 1 saturated heterocycles. The Hall–Kier alpha value is -0.610. The van der Waals surface area contributed by atoms with E-state index in [4.69, 9.17) is 4.74 Å². The van der Waals surface area contributed by atoms with E-state index in [0.717, 1.165) is 19.4 Å². The molecule has 15 heavy (non-hydrogen) atoms. The molecule has 0 saturated carbocycles. The van der Waals surface area contributed by atoms with Crippen LogP contribution in [-0.2, 0) is 9.53 Å². The smallest absolute Gasteiger partial charge is 0.321 e. The van der Waals surface area contributed by atoms with E-state index in [0.29, 0.717) is 6.61 Å². The van der Waals surface area contributed by atoms with Crippen LogP contribution in [0, 0.1) is 5.92 Å². The van der Waals surface area contributed by atoms with E-state index >= 15 is 0 Å². The van der Waals surface area contributed by atoms with Crippen molar-refractivity contribution in [3.63, 3.8) is 0 Å². The summed E-state index contributed by atoms with van der Waals surface area (Å²) in [5.41, 5.74) is 0. The molecule has 88 valence electrons. The van der Waals surface area contributed by atoms with Crippen LogP contribution < -0.4 is 0 Å². The number of hydrogen-bond acceptors (Lipinski definition) is 3. The third-order valence-electron chi connectivity index (χ3n) is 3.29. The lowest BCUT2D eigenvalue weighted by Crippen LogP contribution is -2.46. The Bertz CT molecular complexity index is 220. The van der Waals surface area contributed by atoms with Gasteiger partial charge in [0.05, 0.1) is 6.61 Å². The highest BCUT2D eigenvalue weighted by Crippen LogP contribution is 2.27. The number of ether oxygens (including phenoxy) is 1. The molecule has 0 spiro atoms. The molecule has 0 aromatic carbocycles.